The highest BCUT2D eigenvalue weighted by molar-refractivity contribution is 7.18. The van der Waals surface area contributed by atoms with Crippen LogP contribution >= 0.6 is 11.3 Å². The van der Waals surface area contributed by atoms with Gasteiger partial charge in [0.05, 0.1) is 22.8 Å². The van der Waals surface area contributed by atoms with Crippen LogP contribution in [0.15, 0.2) is 48.5 Å². The highest BCUT2D eigenvalue weighted by Gasteiger charge is 2.27. The van der Waals surface area contributed by atoms with Crippen molar-refractivity contribution < 1.29 is 4.79 Å². The van der Waals surface area contributed by atoms with Crippen LogP contribution in [-0.2, 0) is 11.2 Å². The molecular weight excluding hydrogens is 366 g/mol. The van der Waals surface area contributed by atoms with Crippen LogP contribution in [0.1, 0.15) is 48.0 Å². The minimum absolute atomic E-state index is 0.0306. The number of carbonyl (C=O) groups excluding carboxylic acids is 1. The average Bonchev–Trinajstić information content (AvgIpc) is 3.16. The van der Waals surface area contributed by atoms with Crippen LogP contribution in [0, 0.1) is 0 Å². The van der Waals surface area contributed by atoms with Gasteiger partial charge < -0.3 is 4.90 Å². The number of aryl methyl sites for hydroxylation is 1. The van der Waals surface area contributed by atoms with Gasteiger partial charge in [-0.1, -0.05) is 36.4 Å². The molecule has 0 saturated carbocycles. The second kappa shape index (κ2) is 8.02. The zero-order valence-corrected chi connectivity index (χ0v) is 17.6. The van der Waals surface area contributed by atoms with E-state index in [1.165, 1.54) is 22.2 Å². The van der Waals surface area contributed by atoms with E-state index < -0.39 is 0 Å². The van der Waals surface area contributed by atoms with Gasteiger partial charge in [0.1, 0.15) is 5.01 Å². The molecule has 2 atom stereocenters. The summed E-state index contributed by atoms with van der Waals surface area (Å²) in [6, 6.07) is 17.1. The first-order valence-electron chi connectivity index (χ1n) is 9.94. The summed E-state index contributed by atoms with van der Waals surface area (Å²) in [6.07, 6.45) is 3.43. The van der Waals surface area contributed by atoms with Crippen molar-refractivity contribution in [2.24, 2.45) is 0 Å². The van der Waals surface area contributed by atoms with Gasteiger partial charge in [-0.2, -0.15) is 0 Å². The first kappa shape index (κ1) is 19.1. The lowest BCUT2D eigenvalue weighted by Gasteiger charge is -2.34. The van der Waals surface area contributed by atoms with Gasteiger partial charge in [-0.3, -0.25) is 9.69 Å². The zero-order valence-electron chi connectivity index (χ0n) is 16.8. The lowest BCUT2D eigenvalue weighted by Crippen LogP contribution is -2.40. The monoisotopic (exact) mass is 393 g/mol. The van der Waals surface area contributed by atoms with E-state index >= 15 is 0 Å². The largest absolute Gasteiger partial charge is 0.335 e. The van der Waals surface area contributed by atoms with Crippen molar-refractivity contribution in [2.75, 3.05) is 20.6 Å². The third-order valence-electron chi connectivity index (χ3n) is 5.90. The Morgan fingerprint density at radius 3 is 2.75 bits per heavy atom. The molecule has 4 rings (SSSR count). The minimum Gasteiger partial charge on any atom is -0.335 e. The predicted molar refractivity (Wildman–Crippen MR) is 116 cm³/mol. The molecule has 0 N–H and O–H groups in total. The summed E-state index contributed by atoms with van der Waals surface area (Å²) >= 11 is 1.67. The van der Waals surface area contributed by atoms with Crippen LogP contribution in [0.4, 0.5) is 0 Å². The molecule has 3 aromatic rings. The molecule has 0 saturated heterocycles. The van der Waals surface area contributed by atoms with E-state index in [9.17, 15) is 4.79 Å². The first-order valence-corrected chi connectivity index (χ1v) is 10.8. The highest BCUT2D eigenvalue weighted by Crippen LogP contribution is 2.34. The first-order chi connectivity index (χ1) is 13.5. The number of para-hydroxylation sites is 1. The number of hydrogen-bond donors (Lipinski definition) is 0. The summed E-state index contributed by atoms with van der Waals surface area (Å²) in [7, 11) is 3.96. The lowest BCUT2D eigenvalue weighted by atomic mass is 9.87. The third-order valence-corrected chi connectivity index (χ3v) is 7.10. The van der Waals surface area contributed by atoms with Gasteiger partial charge in [0.2, 0.25) is 5.91 Å². The number of carbonyl (C=O) groups is 1. The van der Waals surface area contributed by atoms with E-state index in [1.807, 2.05) is 30.1 Å². The Hall–Kier alpha value is -2.24. The van der Waals surface area contributed by atoms with Crippen LogP contribution in [0.2, 0.25) is 0 Å². The van der Waals surface area contributed by atoms with Crippen molar-refractivity contribution in [1.29, 1.82) is 0 Å². The fourth-order valence-corrected chi connectivity index (χ4v) is 5.13. The van der Waals surface area contributed by atoms with Crippen molar-refractivity contribution in [2.45, 2.75) is 38.3 Å². The molecule has 1 aromatic heterocycles. The number of rotatable bonds is 5. The molecule has 0 bridgehead atoms. The van der Waals surface area contributed by atoms with Crippen LogP contribution in [0.5, 0.6) is 0 Å². The quantitative estimate of drug-likeness (QED) is 0.623. The topological polar surface area (TPSA) is 36.4 Å². The van der Waals surface area contributed by atoms with Gasteiger partial charge in [0.15, 0.2) is 0 Å². The van der Waals surface area contributed by atoms with Crippen LogP contribution in [0.25, 0.3) is 10.2 Å². The van der Waals surface area contributed by atoms with Crippen molar-refractivity contribution in [3.05, 3.63) is 64.7 Å². The van der Waals surface area contributed by atoms with E-state index in [2.05, 4.69) is 49.2 Å². The Morgan fingerprint density at radius 2 is 1.93 bits per heavy atom. The van der Waals surface area contributed by atoms with Crippen LogP contribution in [0.3, 0.4) is 0 Å². The van der Waals surface area contributed by atoms with E-state index in [1.54, 1.807) is 11.3 Å². The maximum atomic E-state index is 13.0. The van der Waals surface area contributed by atoms with E-state index in [4.69, 9.17) is 4.98 Å². The van der Waals surface area contributed by atoms with E-state index in [-0.39, 0.29) is 11.9 Å². The van der Waals surface area contributed by atoms with Gasteiger partial charge in [-0.25, -0.2) is 4.98 Å². The standard InChI is InChI=1S/C23H27N3OS/c1-16(23-24-19-12-6-7-14-21(19)28-23)26(3)22(27)15-25(2)20-13-8-10-17-9-4-5-11-18(17)20/h4-7,9,11-12,14,16,20H,8,10,13,15H2,1-3H3/t16-,20+/m0/s1. The fraction of sp³-hybridized carbons (Fsp3) is 0.391. The molecule has 4 nitrogen and oxygen atoms in total. The highest BCUT2D eigenvalue weighted by atomic mass is 32.1. The third kappa shape index (κ3) is 3.69. The van der Waals surface area contributed by atoms with Gasteiger partial charge in [-0.15, -0.1) is 11.3 Å². The number of benzene rings is 2. The Kier molecular flexibility index (Phi) is 5.47. The molecular formula is C23H27N3OS. The van der Waals surface area contributed by atoms with Gasteiger partial charge in [0, 0.05) is 13.1 Å². The molecule has 1 aliphatic rings. The number of thiazole rings is 1. The number of amides is 1. The summed E-state index contributed by atoms with van der Waals surface area (Å²) in [5.74, 6) is 0.136. The summed E-state index contributed by atoms with van der Waals surface area (Å²) in [5, 5.41) is 0.989. The van der Waals surface area contributed by atoms with Gasteiger partial charge in [0.25, 0.3) is 0 Å². The molecule has 0 aliphatic heterocycles. The molecule has 5 heteroatoms. The number of nitrogens with zero attached hydrogens (tertiary/aromatic N) is 3. The summed E-state index contributed by atoms with van der Waals surface area (Å²) < 4.78 is 1.17. The molecule has 2 aromatic carbocycles. The molecule has 1 amide bonds. The van der Waals surface area contributed by atoms with Crippen molar-refractivity contribution >= 4 is 27.5 Å². The predicted octanol–water partition coefficient (Wildman–Crippen LogP) is 4.83. The number of likely N-dealkylation sites (N-methyl/N-ethyl adjacent to an activating group) is 2. The van der Waals surface area contributed by atoms with Crippen LogP contribution < -0.4 is 0 Å². The lowest BCUT2D eigenvalue weighted by molar-refractivity contribution is -0.133. The second-order valence-electron chi connectivity index (χ2n) is 7.72. The summed E-state index contributed by atoms with van der Waals surface area (Å²) in [5.41, 5.74) is 3.81. The maximum Gasteiger partial charge on any atom is 0.237 e. The Morgan fingerprint density at radius 1 is 1.18 bits per heavy atom. The van der Waals surface area contributed by atoms with Crippen molar-refractivity contribution in [3.63, 3.8) is 0 Å². The molecule has 0 spiro atoms. The van der Waals surface area contributed by atoms with Gasteiger partial charge >= 0.3 is 0 Å². The molecule has 1 aliphatic carbocycles. The Bertz CT molecular complexity index is 950. The fourth-order valence-electron chi connectivity index (χ4n) is 4.07. The zero-order chi connectivity index (χ0) is 19.7. The smallest absolute Gasteiger partial charge is 0.237 e. The van der Waals surface area contributed by atoms with E-state index in [0.29, 0.717) is 12.6 Å². The Balaban J connectivity index is 1.45. The Labute approximate surface area is 170 Å². The molecule has 146 valence electrons. The molecule has 0 radical (unpaired) electrons. The SMILES string of the molecule is C[C@@H](c1nc2ccccc2s1)N(C)C(=O)CN(C)[C@@H]1CCCc2ccccc21. The minimum atomic E-state index is -0.0306. The summed E-state index contributed by atoms with van der Waals surface area (Å²) in [4.78, 5) is 21.8. The molecule has 1 heterocycles. The molecule has 0 fully saturated rings. The van der Waals surface area contributed by atoms with E-state index in [0.717, 1.165) is 23.4 Å². The average molecular weight is 394 g/mol. The normalized spacial score (nSPS) is 17.5. The molecule has 28 heavy (non-hydrogen) atoms. The number of fused-ring (bicyclic) bond motifs is 2. The van der Waals surface area contributed by atoms with Crippen molar-refractivity contribution in [3.8, 4) is 0 Å². The summed E-state index contributed by atoms with van der Waals surface area (Å²) in [6.45, 7) is 2.48. The van der Waals surface area contributed by atoms with Gasteiger partial charge in [-0.05, 0) is 56.5 Å². The number of hydrogen-bond acceptors (Lipinski definition) is 4. The van der Waals surface area contributed by atoms with Crippen LogP contribution in [-0.4, -0.2) is 41.3 Å². The maximum absolute atomic E-state index is 13.0. The van der Waals surface area contributed by atoms with Crippen molar-refractivity contribution in [1.82, 2.24) is 14.8 Å². The number of aromatic nitrogens is 1. The molecule has 0 unspecified atom stereocenters. The second-order valence-corrected chi connectivity index (χ2v) is 8.78.